The molecule has 0 spiro atoms. The molecule has 1 aromatic heterocycles. The second kappa shape index (κ2) is 5.15. The highest BCUT2D eigenvalue weighted by molar-refractivity contribution is 5.22. The van der Waals surface area contributed by atoms with Crippen molar-refractivity contribution < 1.29 is 14.4 Å². The lowest BCUT2D eigenvalue weighted by atomic mass is 10.1. The first-order chi connectivity index (χ1) is 8.97. The summed E-state index contributed by atoms with van der Waals surface area (Å²) in [6.07, 6.45) is -0.978. The summed E-state index contributed by atoms with van der Waals surface area (Å²) in [4.78, 5) is 9.99. The molecule has 1 N–H and O–H groups in total. The molecule has 2 aromatic rings. The molecule has 6 nitrogen and oxygen atoms in total. The standard InChI is InChI=1S/C12H12FN3O3/c1-8-5-12(16(18)19)14-15(8)7-11(17)9-3-2-4-10(13)6-9/h2-6,11,17H,7H2,1H3/t11-/m1/s1. The van der Waals surface area contributed by atoms with Crippen molar-refractivity contribution in [1.82, 2.24) is 9.78 Å². The second-order valence-corrected chi connectivity index (χ2v) is 4.15. The van der Waals surface area contributed by atoms with Crippen LogP contribution in [-0.2, 0) is 6.54 Å². The lowest BCUT2D eigenvalue weighted by Gasteiger charge is -2.10. The first-order valence-corrected chi connectivity index (χ1v) is 5.60. The highest BCUT2D eigenvalue weighted by atomic mass is 19.1. The molecule has 0 radical (unpaired) electrons. The molecular formula is C12H12FN3O3. The van der Waals surface area contributed by atoms with Crippen molar-refractivity contribution in [2.24, 2.45) is 0 Å². The normalized spacial score (nSPS) is 12.4. The van der Waals surface area contributed by atoms with E-state index >= 15 is 0 Å². The highest BCUT2D eigenvalue weighted by Crippen LogP contribution is 2.18. The smallest absolute Gasteiger partial charge is 0.386 e. The van der Waals surface area contributed by atoms with E-state index in [-0.39, 0.29) is 12.4 Å². The van der Waals surface area contributed by atoms with Crippen LogP contribution in [0.25, 0.3) is 0 Å². The zero-order chi connectivity index (χ0) is 14.0. The molecule has 1 aromatic carbocycles. The van der Waals surface area contributed by atoms with Gasteiger partial charge in [-0.15, -0.1) is 0 Å². The molecule has 0 aliphatic rings. The lowest BCUT2D eigenvalue weighted by molar-refractivity contribution is -0.389. The third-order valence-electron chi connectivity index (χ3n) is 2.73. The molecule has 2 rings (SSSR count). The lowest BCUT2D eigenvalue weighted by Crippen LogP contribution is -2.11. The Morgan fingerprint density at radius 2 is 2.26 bits per heavy atom. The van der Waals surface area contributed by atoms with E-state index in [1.807, 2.05) is 0 Å². The molecule has 0 saturated heterocycles. The van der Waals surface area contributed by atoms with Gasteiger partial charge in [-0.25, -0.2) is 4.39 Å². The van der Waals surface area contributed by atoms with Crippen LogP contribution in [0.15, 0.2) is 30.3 Å². The van der Waals surface area contributed by atoms with Crippen LogP contribution in [0, 0.1) is 22.9 Å². The molecule has 0 fully saturated rings. The van der Waals surface area contributed by atoms with Crippen LogP contribution in [0.2, 0.25) is 0 Å². The first-order valence-electron chi connectivity index (χ1n) is 5.60. The molecule has 1 atom stereocenters. The summed E-state index contributed by atoms with van der Waals surface area (Å²) in [5, 5.41) is 24.3. The summed E-state index contributed by atoms with van der Waals surface area (Å²) in [7, 11) is 0. The number of nitro groups is 1. The quantitative estimate of drug-likeness (QED) is 0.677. The van der Waals surface area contributed by atoms with Crippen LogP contribution in [-0.4, -0.2) is 19.8 Å². The van der Waals surface area contributed by atoms with Crippen LogP contribution >= 0.6 is 0 Å². The van der Waals surface area contributed by atoms with Crippen molar-refractivity contribution in [3.05, 3.63) is 57.5 Å². The summed E-state index contributed by atoms with van der Waals surface area (Å²) in [6, 6.07) is 6.89. The number of nitrogens with zero attached hydrogens (tertiary/aromatic N) is 3. The van der Waals surface area contributed by atoms with Gasteiger partial charge in [-0.05, 0) is 29.5 Å². The van der Waals surface area contributed by atoms with Crippen molar-refractivity contribution in [3.8, 4) is 0 Å². The minimum absolute atomic E-state index is 0.0309. The number of benzene rings is 1. The van der Waals surface area contributed by atoms with Gasteiger partial charge in [0.05, 0.1) is 23.4 Å². The average Bonchev–Trinajstić information content (AvgIpc) is 2.71. The van der Waals surface area contributed by atoms with Crippen molar-refractivity contribution >= 4 is 5.82 Å². The van der Waals surface area contributed by atoms with Gasteiger partial charge in [0.2, 0.25) is 0 Å². The van der Waals surface area contributed by atoms with Gasteiger partial charge in [0, 0.05) is 0 Å². The van der Waals surface area contributed by atoms with Crippen molar-refractivity contribution in [1.29, 1.82) is 0 Å². The fourth-order valence-electron chi connectivity index (χ4n) is 1.75. The van der Waals surface area contributed by atoms with Crippen LogP contribution in [0.5, 0.6) is 0 Å². The van der Waals surface area contributed by atoms with Gasteiger partial charge in [-0.1, -0.05) is 12.1 Å². The van der Waals surface area contributed by atoms with E-state index in [1.165, 1.54) is 28.9 Å². The van der Waals surface area contributed by atoms with Gasteiger partial charge in [0.1, 0.15) is 11.9 Å². The summed E-state index contributed by atoms with van der Waals surface area (Å²) < 4.78 is 14.4. The molecule has 0 aliphatic heterocycles. The Balaban J connectivity index is 2.19. The van der Waals surface area contributed by atoms with Gasteiger partial charge in [-0.2, -0.15) is 4.68 Å². The van der Waals surface area contributed by atoms with E-state index in [9.17, 15) is 19.6 Å². The fraction of sp³-hybridized carbons (Fsp3) is 0.250. The monoisotopic (exact) mass is 265 g/mol. The molecule has 7 heteroatoms. The largest absolute Gasteiger partial charge is 0.390 e. The third kappa shape index (κ3) is 2.94. The van der Waals surface area contributed by atoms with E-state index in [0.717, 1.165) is 0 Å². The zero-order valence-electron chi connectivity index (χ0n) is 10.2. The fourth-order valence-corrected chi connectivity index (χ4v) is 1.75. The van der Waals surface area contributed by atoms with Crippen LogP contribution in [0.4, 0.5) is 10.2 Å². The number of hydrogen-bond donors (Lipinski definition) is 1. The van der Waals surface area contributed by atoms with Crippen molar-refractivity contribution in [2.75, 3.05) is 0 Å². The molecule has 0 aliphatic carbocycles. The van der Waals surface area contributed by atoms with Gasteiger partial charge in [-0.3, -0.25) is 0 Å². The van der Waals surface area contributed by atoms with Crippen LogP contribution in [0.3, 0.4) is 0 Å². The minimum Gasteiger partial charge on any atom is -0.386 e. The maximum Gasteiger partial charge on any atom is 0.390 e. The summed E-state index contributed by atoms with van der Waals surface area (Å²) >= 11 is 0. The number of aromatic nitrogens is 2. The summed E-state index contributed by atoms with van der Waals surface area (Å²) in [5.41, 5.74) is 0.958. The number of halogens is 1. The maximum absolute atomic E-state index is 13.0. The highest BCUT2D eigenvalue weighted by Gasteiger charge is 2.18. The molecule has 19 heavy (non-hydrogen) atoms. The Kier molecular flexibility index (Phi) is 3.57. The Hall–Kier alpha value is -2.28. The van der Waals surface area contributed by atoms with Crippen molar-refractivity contribution in [3.63, 3.8) is 0 Å². The van der Waals surface area contributed by atoms with Gasteiger partial charge in [0.25, 0.3) is 0 Å². The topological polar surface area (TPSA) is 81.2 Å². The molecule has 0 bridgehead atoms. The Morgan fingerprint density at radius 1 is 1.53 bits per heavy atom. The van der Waals surface area contributed by atoms with Crippen LogP contribution in [0.1, 0.15) is 17.4 Å². The first kappa shape index (κ1) is 13.2. The van der Waals surface area contributed by atoms with E-state index in [1.54, 1.807) is 13.0 Å². The minimum atomic E-state index is -0.978. The number of rotatable bonds is 4. The predicted octanol–water partition coefficient (Wildman–Crippen LogP) is 1.97. The Labute approximate surface area is 108 Å². The number of hydrogen-bond acceptors (Lipinski definition) is 4. The average molecular weight is 265 g/mol. The van der Waals surface area contributed by atoms with Crippen molar-refractivity contribution in [2.45, 2.75) is 19.6 Å². The third-order valence-corrected chi connectivity index (χ3v) is 2.73. The Bertz CT molecular complexity index is 612. The van der Waals surface area contributed by atoms with Gasteiger partial charge in [0.15, 0.2) is 0 Å². The predicted molar refractivity (Wildman–Crippen MR) is 65.0 cm³/mol. The maximum atomic E-state index is 13.0. The van der Waals surface area contributed by atoms with E-state index in [4.69, 9.17) is 0 Å². The molecule has 1 heterocycles. The molecule has 100 valence electrons. The molecule has 0 amide bonds. The number of aryl methyl sites for hydroxylation is 1. The van der Waals surface area contributed by atoms with E-state index in [2.05, 4.69) is 5.10 Å². The number of aliphatic hydroxyl groups is 1. The molecular weight excluding hydrogens is 253 g/mol. The second-order valence-electron chi connectivity index (χ2n) is 4.15. The summed E-state index contributed by atoms with van der Waals surface area (Å²) in [5.74, 6) is -0.719. The van der Waals surface area contributed by atoms with Gasteiger partial charge < -0.3 is 15.2 Å². The summed E-state index contributed by atoms with van der Waals surface area (Å²) in [6.45, 7) is 1.68. The van der Waals surface area contributed by atoms with E-state index in [0.29, 0.717) is 11.3 Å². The molecule has 0 saturated carbocycles. The molecule has 0 unspecified atom stereocenters. The van der Waals surface area contributed by atoms with Gasteiger partial charge >= 0.3 is 5.82 Å². The van der Waals surface area contributed by atoms with E-state index < -0.39 is 16.8 Å². The number of aliphatic hydroxyl groups excluding tert-OH is 1. The van der Waals surface area contributed by atoms with Crippen LogP contribution < -0.4 is 0 Å². The Morgan fingerprint density at radius 3 is 2.84 bits per heavy atom. The SMILES string of the molecule is Cc1cc([N+](=O)[O-])nn1C[C@@H](O)c1cccc(F)c1. The zero-order valence-corrected chi connectivity index (χ0v) is 10.2.